The quantitative estimate of drug-likeness (QED) is 0.409. The highest BCUT2D eigenvalue weighted by Gasteiger charge is 2.53. The van der Waals surface area contributed by atoms with Crippen LogP contribution in [0.5, 0.6) is 0 Å². The highest BCUT2D eigenvalue weighted by atomic mass is 16.3. The first kappa shape index (κ1) is 23.4. The molecule has 32 heavy (non-hydrogen) atoms. The average Bonchev–Trinajstić information content (AvgIpc) is 3.50. The van der Waals surface area contributed by atoms with Crippen molar-refractivity contribution in [3.05, 3.63) is 30.4 Å². The number of nitrogens with zero attached hydrogens (tertiary/aromatic N) is 6. The molecule has 0 unspecified atom stereocenters. The van der Waals surface area contributed by atoms with E-state index in [1.54, 1.807) is 23.1 Å². The molecule has 174 valence electrons. The number of amides is 2. The first-order valence-corrected chi connectivity index (χ1v) is 10.7. The number of hydrogen-bond acceptors (Lipinski definition) is 7. The van der Waals surface area contributed by atoms with Crippen LogP contribution >= 0.6 is 0 Å². The van der Waals surface area contributed by atoms with E-state index in [9.17, 15) is 9.59 Å². The topological polar surface area (TPSA) is 149 Å². The molecule has 2 aromatic heterocycles. The lowest BCUT2D eigenvalue weighted by molar-refractivity contribution is -0.142. The zero-order valence-corrected chi connectivity index (χ0v) is 18.2. The molecule has 2 amide bonds. The molecule has 4 rings (SSSR count). The SMILES string of the molecule is CN1CC[C@]2(C(=O)NCCCn3ccnn3)CCCN(C(=O)c3ccn[nH]3)[C@H]2C1.O=CO. The average molecular weight is 447 g/mol. The van der Waals surface area contributed by atoms with E-state index < -0.39 is 5.41 Å². The summed E-state index contributed by atoms with van der Waals surface area (Å²) < 4.78 is 1.76. The summed E-state index contributed by atoms with van der Waals surface area (Å²) >= 11 is 0. The summed E-state index contributed by atoms with van der Waals surface area (Å²) in [6.45, 7) is 3.26. The van der Waals surface area contributed by atoms with E-state index in [0.717, 1.165) is 32.2 Å². The van der Waals surface area contributed by atoms with Crippen molar-refractivity contribution in [3.63, 3.8) is 0 Å². The Hall–Kier alpha value is -3.28. The van der Waals surface area contributed by atoms with Crippen molar-refractivity contribution < 1.29 is 19.5 Å². The maximum absolute atomic E-state index is 13.4. The summed E-state index contributed by atoms with van der Waals surface area (Å²) in [5.74, 6) is -0.0119. The lowest BCUT2D eigenvalue weighted by atomic mass is 9.67. The van der Waals surface area contributed by atoms with Crippen molar-refractivity contribution in [3.8, 4) is 0 Å². The lowest BCUT2D eigenvalue weighted by Gasteiger charge is -2.53. The number of hydrogen-bond donors (Lipinski definition) is 3. The van der Waals surface area contributed by atoms with Gasteiger partial charge < -0.3 is 20.2 Å². The molecule has 3 N–H and O–H groups in total. The van der Waals surface area contributed by atoms with Crippen molar-refractivity contribution in [2.24, 2.45) is 5.41 Å². The molecule has 2 fully saturated rings. The third-order valence-electron chi connectivity index (χ3n) is 6.23. The first-order chi connectivity index (χ1) is 15.5. The molecule has 0 saturated carbocycles. The van der Waals surface area contributed by atoms with Gasteiger partial charge in [-0.2, -0.15) is 5.10 Å². The smallest absolute Gasteiger partial charge is 0.290 e. The number of rotatable bonds is 6. The van der Waals surface area contributed by atoms with E-state index in [1.807, 2.05) is 18.1 Å². The summed E-state index contributed by atoms with van der Waals surface area (Å²) in [6, 6.07) is 1.55. The van der Waals surface area contributed by atoms with Crippen LogP contribution in [-0.2, 0) is 16.1 Å². The number of carboxylic acid groups (broad SMARTS) is 1. The predicted octanol–water partition coefficient (Wildman–Crippen LogP) is -0.165. The Balaban J connectivity index is 0.000000913. The van der Waals surface area contributed by atoms with Crippen molar-refractivity contribution >= 4 is 18.3 Å². The Kier molecular flexibility index (Phi) is 7.92. The molecule has 2 atom stereocenters. The van der Waals surface area contributed by atoms with Gasteiger partial charge in [0.15, 0.2) is 0 Å². The molecule has 0 aromatic carbocycles. The zero-order valence-electron chi connectivity index (χ0n) is 18.2. The summed E-state index contributed by atoms with van der Waals surface area (Å²) in [5, 5.41) is 24.4. The number of piperidine rings is 2. The molecule has 2 aliphatic heterocycles. The third-order valence-corrected chi connectivity index (χ3v) is 6.23. The fourth-order valence-corrected chi connectivity index (χ4v) is 4.65. The lowest BCUT2D eigenvalue weighted by Crippen LogP contribution is -2.66. The van der Waals surface area contributed by atoms with Gasteiger partial charge in [-0.15, -0.1) is 5.10 Å². The maximum atomic E-state index is 13.4. The molecule has 0 spiro atoms. The fraction of sp³-hybridized carbons (Fsp3) is 0.600. The molecule has 12 nitrogen and oxygen atoms in total. The van der Waals surface area contributed by atoms with Crippen molar-refractivity contribution in [1.29, 1.82) is 0 Å². The molecular formula is C20H30N8O4. The van der Waals surface area contributed by atoms with Gasteiger partial charge in [-0.05, 0) is 45.3 Å². The standard InChI is InChI=1S/C19H28N8O2.CH2O2/c1-25-12-6-19(18(29)20-7-3-10-26-13-9-22-24-26)5-2-11-27(16(19)14-25)17(28)15-4-8-21-23-15;2-1-3/h4,8-9,13,16H,2-3,5-7,10-12,14H2,1H3,(H,20,29)(H,21,23);1H,(H,2,3)/t16-,19+;/m0./s1. The number of likely N-dealkylation sites (N-methyl/N-ethyl adjacent to an activating group) is 1. The van der Waals surface area contributed by atoms with Crippen molar-refractivity contribution in [1.82, 2.24) is 40.3 Å². The van der Waals surface area contributed by atoms with Crippen molar-refractivity contribution in [2.75, 3.05) is 33.2 Å². The van der Waals surface area contributed by atoms with Gasteiger partial charge in [0.2, 0.25) is 5.91 Å². The normalized spacial score (nSPS) is 22.9. The molecule has 2 aliphatic rings. The first-order valence-electron chi connectivity index (χ1n) is 10.7. The molecule has 0 bridgehead atoms. The minimum atomic E-state index is -0.534. The second-order valence-corrected chi connectivity index (χ2v) is 8.14. The Bertz CT molecular complexity index is 872. The van der Waals surface area contributed by atoms with Crippen LogP contribution in [0.3, 0.4) is 0 Å². The molecule has 12 heteroatoms. The van der Waals surface area contributed by atoms with E-state index in [0.29, 0.717) is 31.9 Å². The van der Waals surface area contributed by atoms with Crippen LogP contribution in [-0.4, -0.2) is 97.7 Å². The van der Waals surface area contributed by atoms with Gasteiger partial charge in [0, 0.05) is 38.6 Å². The number of fused-ring (bicyclic) bond motifs is 1. The maximum Gasteiger partial charge on any atom is 0.290 e. The number of carbonyl (C=O) groups excluding carboxylic acids is 2. The number of aromatic nitrogens is 5. The summed E-state index contributed by atoms with van der Waals surface area (Å²) in [6.07, 6.45) is 8.23. The summed E-state index contributed by atoms with van der Waals surface area (Å²) in [5.41, 5.74) is -0.0597. The van der Waals surface area contributed by atoms with E-state index in [2.05, 4.69) is 30.7 Å². The van der Waals surface area contributed by atoms with Gasteiger partial charge in [0.05, 0.1) is 17.7 Å². The fourth-order valence-electron chi connectivity index (χ4n) is 4.65. The number of aromatic amines is 1. The Morgan fingerprint density at radius 1 is 1.34 bits per heavy atom. The molecule has 4 heterocycles. The number of nitrogens with one attached hydrogen (secondary N) is 2. The summed E-state index contributed by atoms with van der Waals surface area (Å²) in [4.78, 5) is 38.9. The minimum Gasteiger partial charge on any atom is -0.483 e. The van der Waals surface area contributed by atoms with Crippen LogP contribution in [0.25, 0.3) is 0 Å². The molecule has 2 aromatic rings. The number of likely N-dealkylation sites (tertiary alicyclic amines) is 2. The highest BCUT2D eigenvalue weighted by molar-refractivity contribution is 5.93. The Morgan fingerprint density at radius 3 is 2.84 bits per heavy atom. The van der Waals surface area contributed by atoms with Gasteiger partial charge in [-0.25, -0.2) is 0 Å². The highest BCUT2D eigenvalue weighted by Crippen LogP contribution is 2.43. The van der Waals surface area contributed by atoms with E-state index in [1.165, 1.54) is 0 Å². The summed E-state index contributed by atoms with van der Waals surface area (Å²) in [7, 11) is 2.05. The van der Waals surface area contributed by atoms with Gasteiger partial charge >= 0.3 is 0 Å². The zero-order chi connectivity index (χ0) is 23.0. The van der Waals surface area contributed by atoms with Crippen LogP contribution in [0.2, 0.25) is 0 Å². The third kappa shape index (κ3) is 5.13. The molecular weight excluding hydrogens is 416 g/mol. The predicted molar refractivity (Wildman–Crippen MR) is 114 cm³/mol. The van der Waals surface area contributed by atoms with Gasteiger partial charge in [0.1, 0.15) is 5.69 Å². The van der Waals surface area contributed by atoms with Crippen molar-refractivity contribution in [2.45, 2.75) is 38.3 Å². The molecule has 0 radical (unpaired) electrons. The molecule has 2 saturated heterocycles. The number of aryl methyl sites for hydroxylation is 1. The Morgan fingerprint density at radius 2 is 2.16 bits per heavy atom. The largest absolute Gasteiger partial charge is 0.483 e. The monoisotopic (exact) mass is 446 g/mol. The van der Waals surface area contributed by atoms with E-state index in [4.69, 9.17) is 9.90 Å². The molecule has 0 aliphatic carbocycles. The minimum absolute atomic E-state index is 0.0660. The second kappa shape index (κ2) is 10.8. The number of H-pyrrole nitrogens is 1. The van der Waals surface area contributed by atoms with Gasteiger partial charge in [-0.3, -0.25) is 24.2 Å². The van der Waals surface area contributed by atoms with Crippen LogP contribution in [0.1, 0.15) is 36.2 Å². The van der Waals surface area contributed by atoms with E-state index in [-0.39, 0.29) is 24.3 Å². The second-order valence-electron chi connectivity index (χ2n) is 8.14. The Labute approximate surface area is 185 Å². The van der Waals surface area contributed by atoms with Gasteiger partial charge in [0.25, 0.3) is 12.4 Å². The van der Waals surface area contributed by atoms with E-state index >= 15 is 0 Å². The van der Waals surface area contributed by atoms with Crippen LogP contribution in [0.4, 0.5) is 0 Å². The van der Waals surface area contributed by atoms with Crippen LogP contribution in [0, 0.1) is 5.41 Å². The number of carbonyl (C=O) groups is 3. The van der Waals surface area contributed by atoms with Gasteiger partial charge in [-0.1, -0.05) is 5.21 Å². The van der Waals surface area contributed by atoms with Crippen LogP contribution < -0.4 is 5.32 Å². The van der Waals surface area contributed by atoms with Crippen LogP contribution in [0.15, 0.2) is 24.7 Å².